The molecule has 2 aromatic carbocycles. The summed E-state index contributed by atoms with van der Waals surface area (Å²) in [6.45, 7) is -0.666. The van der Waals surface area contributed by atoms with Crippen LogP contribution < -0.4 is 10.2 Å². The third-order valence-electron chi connectivity index (χ3n) is 5.25. The molecule has 12 heteroatoms. The summed E-state index contributed by atoms with van der Waals surface area (Å²) in [5.41, 5.74) is -1.16. The van der Waals surface area contributed by atoms with Crippen LogP contribution in [0.4, 0.5) is 0 Å². The monoisotopic (exact) mass is 464 g/mol. The number of aliphatic hydroxyl groups is 4. The third kappa shape index (κ3) is 3.90. The molecule has 12 nitrogen and oxygen atoms in total. The zero-order chi connectivity index (χ0) is 24.0. The first-order valence-corrected chi connectivity index (χ1v) is 9.64. The van der Waals surface area contributed by atoms with Gasteiger partial charge >= 0.3 is 0 Å². The highest BCUT2D eigenvalue weighted by Gasteiger charge is 2.45. The predicted octanol–water partition coefficient (Wildman–Crippen LogP) is -0.539. The molecule has 2 heterocycles. The summed E-state index contributed by atoms with van der Waals surface area (Å²) in [5.74, 6) is -2.97. The average Bonchev–Trinajstić information content (AvgIpc) is 2.77. The van der Waals surface area contributed by atoms with E-state index in [1.54, 1.807) is 0 Å². The van der Waals surface area contributed by atoms with Crippen molar-refractivity contribution in [2.45, 2.75) is 30.7 Å². The Labute approximate surface area is 184 Å². The molecule has 3 aromatic rings. The molecule has 0 aliphatic carbocycles. The lowest BCUT2D eigenvalue weighted by Crippen LogP contribution is -2.60. The predicted molar refractivity (Wildman–Crippen MR) is 109 cm³/mol. The minimum absolute atomic E-state index is 0.0213. The van der Waals surface area contributed by atoms with Crippen LogP contribution in [-0.4, -0.2) is 78.2 Å². The minimum Gasteiger partial charge on any atom is -0.508 e. The Balaban J connectivity index is 1.68. The Morgan fingerprint density at radius 2 is 1.64 bits per heavy atom. The van der Waals surface area contributed by atoms with E-state index < -0.39 is 60.0 Å². The highest BCUT2D eigenvalue weighted by molar-refractivity contribution is 5.88. The van der Waals surface area contributed by atoms with Crippen molar-refractivity contribution < 1.29 is 54.7 Å². The molecule has 0 unspecified atom stereocenters. The van der Waals surface area contributed by atoms with Crippen LogP contribution in [0.3, 0.4) is 0 Å². The smallest absolute Gasteiger partial charge is 0.238 e. The summed E-state index contributed by atoms with van der Waals surface area (Å²) in [6.07, 6.45) is -7.73. The van der Waals surface area contributed by atoms with Crippen LogP contribution in [-0.2, 0) is 4.74 Å². The van der Waals surface area contributed by atoms with E-state index in [4.69, 9.17) is 13.9 Å². The second-order valence-corrected chi connectivity index (χ2v) is 7.44. The van der Waals surface area contributed by atoms with Gasteiger partial charge in [0, 0.05) is 17.7 Å². The van der Waals surface area contributed by atoms with Crippen LogP contribution >= 0.6 is 0 Å². The highest BCUT2D eigenvalue weighted by Crippen LogP contribution is 2.39. The minimum atomic E-state index is -1.70. The molecule has 0 spiro atoms. The highest BCUT2D eigenvalue weighted by atomic mass is 16.7. The molecular weight excluding hydrogens is 444 g/mol. The molecule has 1 aliphatic heterocycles. The van der Waals surface area contributed by atoms with Gasteiger partial charge in [-0.2, -0.15) is 0 Å². The van der Waals surface area contributed by atoms with Gasteiger partial charge in [-0.3, -0.25) is 4.79 Å². The lowest BCUT2D eigenvalue weighted by atomic mass is 9.99. The molecule has 33 heavy (non-hydrogen) atoms. The van der Waals surface area contributed by atoms with E-state index in [0.29, 0.717) is 0 Å². The van der Waals surface area contributed by atoms with Crippen LogP contribution in [0.1, 0.15) is 0 Å². The Bertz CT molecular complexity index is 1250. The van der Waals surface area contributed by atoms with Crippen molar-refractivity contribution in [3.8, 4) is 40.1 Å². The van der Waals surface area contributed by atoms with E-state index in [-0.39, 0.29) is 33.8 Å². The van der Waals surface area contributed by atoms with Gasteiger partial charge in [0.2, 0.25) is 17.5 Å². The fraction of sp³-hybridized carbons (Fsp3) is 0.286. The van der Waals surface area contributed by atoms with E-state index in [1.165, 1.54) is 12.1 Å². The van der Waals surface area contributed by atoms with Gasteiger partial charge in [0.15, 0.2) is 17.3 Å². The molecule has 1 aromatic heterocycles. The molecule has 0 bridgehead atoms. The molecule has 5 atom stereocenters. The zero-order valence-electron chi connectivity index (χ0n) is 16.7. The summed E-state index contributed by atoms with van der Waals surface area (Å²) in [7, 11) is 0. The number of aliphatic hydroxyl groups excluding tert-OH is 4. The first kappa shape index (κ1) is 22.6. The second-order valence-electron chi connectivity index (χ2n) is 7.44. The topological polar surface area (TPSA) is 211 Å². The molecule has 0 radical (unpaired) electrons. The van der Waals surface area contributed by atoms with Crippen LogP contribution in [0.15, 0.2) is 39.5 Å². The molecule has 0 saturated carbocycles. The number of phenolic OH excluding ortho intramolecular Hbond substituents is 3. The number of rotatable bonds is 4. The summed E-state index contributed by atoms with van der Waals surface area (Å²) in [5, 5.41) is 78.8. The maximum atomic E-state index is 12.5. The number of ether oxygens (including phenoxy) is 2. The molecule has 0 amide bonds. The zero-order valence-corrected chi connectivity index (χ0v) is 16.7. The Morgan fingerprint density at radius 3 is 2.30 bits per heavy atom. The Morgan fingerprint density at radius 1 is 0.909 bits per heavy atom. The Hall–Kier alpha value is -3.55. The van der Waals surface area contributed by atoms with Gasteiger partial charge in [-0.1, -0.05) is 0 Å². The standard InChI is InChI=1S/C21H20O12/c22-6-13-15(26)17(28)19(30)21(33-13)32-11-2-1-7(3-9(11)24)20-18(29)16(27)14-10(25)4-8(23)5-12(14)31-20/h1-5,13,15,17,19,21-26,28-30H,6H2/t13-,15-,17-,19-,21+/m1/s1. The molecule has 8 N–H and O–H groups in total. The van der Waals surface area contributed by atoms with E-state index in [2.05, 4.69) is 0 Å². The molecule has 1 fully saturated rings. The van der Waals surface area contributed by atoms with Crippen LogP contribution in [0.5, 0.6) is 28.7 Å². The average molecular weight is 464 g/mol. The molecule has 176 valence electrons. The molecule has 1 saturated heterocycles. The van der Waals surface area contributed by atoms with Gasteiger partial charge in [0.25, 0.3) is 0 Å². The van der Waals surface area contributed by atoms with E-state index >= 15 is 0 Å². The first-order chi connectivity index (χ1) is 15.6. The van der Waals surface area contributed by atoms with Crippen molar-refractivity contribution >= 4 is 11.0 Å². The van der Waals surface area contributed by atoms with Crippen LogP contribution in [0.25, 0.3) is 22.3 Å². The number of phenols is 3. The normalized spacial score (nSPS) is 25.3. The van der Waals surface area contributed by atoms with Crippen LogP contribution in [0.2, 0.25) is 0 Å². The van der Waals surface area contributed by atoms with Gasteiger partial charge < -0.3 is 54.7 Å². The quantitative estimate of drug-likeness (QED) is 0.245. The van der Waals surface area contributed by atoms with E-state index in [1.807, 2.05) is 0 Å². The number of hydrogen-bond acceptors (Lipinski definition) is 12. The lowest BCUT2D eigenvalue weighted by Gasteiger charge is -2.39. The molecule has 4 rings (SSSR count). The van der Waals surface area contributed by atoms with Crippen LogP contribution in [0, 0.1) is 0 Å². The fourth-order valence-electron chi connectivity index (χ4n) is 3.52. The first-order valence-electron chi connectivity index (χ1n) is 9.64. The van der Waals surface area contributed by atoms with Gasteiger partial charge in [-0.25, -0.2) is 0 Å². The van der Waals surface area contributed by atoms with Gasteiger partial charge in [-0.05, 0) is 18.2 Å². The lowest BCUT2D eigenvalue weighted by molar-refractivity contribution is -0.277. The Kier molecular flexibility index (Phi) is 5.78. The van der Waals surface area contributed by atoms with Gasteiger partial charge in [-0.15, -0.1) is 0 Å². The van der Waals surface area contributed by atoms with Crippen molar-refractivity contribution in [2.75, 3.05) is 6.61 Å². The van der Waals surface area contributed by atoms with E-state index in [9.17, 15) is 45.6 Å². The summed E-state index contributed by atoms with van der Waals surface area (Å²) in [6, 6.07) is 5.51. The second kappa shape index (κ2) is 8.42. The summed E-state index contributed by atoms with van der Waals surface area (Å²) in [4.78, 5) is 12.5. The number of hydrogen-bond donors (Lipinski definition) is 8. The summed E-state index contributed by atoms with van der Waals surface area (Å²) >= 11 is 0. The van der Waals surface area contributed by atoms with E-state index in [0.717, 1.165) is 18.2 Å². The largest absolute Gasteiger partial charge is 0.508 e. The molecular formula is C21H20O12. The van der Waals surface area contributed by atoms with Crippen molar-refractivity contribution in [3.63, 3.8) is 0 Å². The number of aromatic hydroxyl groups is 4. The third-order valence-corrected chi connectivity index (χ3v) is 5.25. The van der Waals surface area contributed by atoms with Crippen molar-refractivity contribution in [1.29, 1.82) is 0 Å². The van der Waals surface area contributed by atoms with Crippen molar-refractivity contribution in [2.24, 2.45) is 0 Å². The van der Waals surface area contributed by atoms with Gasteiger partial charge in [0.05, 0.1) is 6.61 Å². The van der Waals surface area contributed by atoms with Crippen molar-refractivity contribution in [3.05, 3.63) is 40.6 Å². The maximum Gasteiger partial charge on any atom is 0.238 e. The summed E-state index contributed by atoms with van der Waals surface area (Å²) < 4.78 is 16.1. The van der Waals surface area contributed by atoms with Crippen molar-refractivity contribution in [1.82, 2.24) is 0 Å². The number of fused-ring (bicyclic) bond motifs is 1. The fourth-order valence-corrected chi connectivity index (χ4v) is 3.52. The maximum absolute atomic E-state index is 12.5. The molecule has 1 aliphatic rings. The SMILES string of the molecule is O=c1c(O)c(-c2ccc(O[C@H]3O[C@H](CO)[C@@H](O)[C@@H](O)[C@H]3O)c(O)c2)oc2cc(O)cc(O)c12. The number of benzene rings is 2. The van der Waals surface area contributed by atoms with Gasteiger partial charge in [0.1, 0.15) is 46.9 Å².